The molecule has 1 aromatic heterocycles. The van der Waals surface area contributed by atoms with Gasteiger partial charge in [-0.3, -0.25) is 9.78 Å². The van der Waals surface area contributed by atoms with Gasteiger partial charge in [-0.05, 0) is 47.9 Å². The predicted molar refractivity (Wildman–Crippen MR) is 78.4 cm³/mol. The number of hydrogen-bond donors (Lipinski definition) is 2. The number of nitrogens with zero attached hydrogens (tertiary/aromatic N) is 1. The van der Waals surface area contributed by atoms with E-state index in [9.17, 15) is 4.79 Å². The third-order valence-corrected chi connectivity index (χ3v) is 3.53. The molecule has 4 heteroatoms. The molecule has 0 bridgehead atoms. The molecular weight excluding hydrogens is 250 g/mol. The predicted octanol–water partition coefficient (Wildman–Crippen LogP) is 1.91. The summed E-state index contributed by atoms with van der Waals surface area (Å²) in [7, 11) is 0. The zero-order valence-electron chi connectivity index (χ0n) is 11.2. The van der Waals surface area contributed by atoms with Crippen LogP contribution in [0.1, 0.15) is 16.7 Å². The van der Waals surface area contributed by atoms with Crippen molar-refractivity contribution in [1.82, 2.24) is 10.3 Å². The fourth-order valence-corrected chi connectivity index (χ4v) is 2.53. The van der Waals surface area contributed by atoms with Crippen molar-refractivity contribution in [1.29, 1.82) is 0 Å². The van der Waals surface area contributed by atoms with Crippen molar-refractivity contribution in [2.45, 2.75) is 19.4 Å². The van der Waals surface area contributed by atoms with Crippen molar-refractivity contribution in [2.75, 3.05) is 11.9 Å². The van der Waals surface area contributed by atoms with Gasteiger partial charge in [-0.2, -0.15) is 0 Å². The number of amides is 1. The molecule has 20 heavy (non-hydrogen) atoms. The van der Waals surface area contributed by atoms with E-state index < -0.39 is 0 Å². The smallest absolute Gasteiger partial charge is 0.228 e. The first-order valence-corrected chi connectivity index (χ1v) is 6.83. The van der Waals surface area contributed by atoms with E-state index in [-0.39, 0.29) is 5.91 Å². The lowest BCUT2D eigenvalue weighted by atomic mass is 9.99. The Morgan fingerprint density at radius 2 is 2.10 bits per heavy atom. The number of benzene rings is 1. The quantitative estimate of drug-likeness (QED) is 0.893. The first-order valence-electron chi connectivity index (χ1n) is 6.83. The van der Waals surface area contributed by atoms with E-state index in [1.54, 1.807) is 12.4 Å². The van der Waals surface area contributed by atoms with Crippen LogP contribution in [-0.2, 0) is 24.2 Å². The monoisotopic (exact) mass is 267 g/mol. The van der Waals surface area contributed by atoms with Gasteiger partial charge < -0.3 is 10.6 Å². The van der Waals surface area contributed by atoms with Crippen LogP contribution in [0.5, 0.6) is 0 Å². The fraction of sp³-hybridized carbons (Fsp3) is 0.250. The van der Waals surface area contributed by atoms with Crippen LogP contribution < -0.4 is 10.6 Å². The fourth-order valence-electron chi connectivity index (χ4n) is 2.53. The highest BCUT2D eigenvalue weighted by atomic mass is 16.1. The molecule has 2 aromatic rings. The second-order valence-electron chi connectivity index (χ2n) is 4.95. The summed E-state index contributed by atoms with van der Waals surface area (Å²) in [6, 6.07) is 9.82. The summed E-state index contributed by atoms with van der Waals surface area (Å²) in [6.45, 7) is 1.84. The molecule has 0 radical (unpaired) electrons. The van der Waals surface area contributed by atoms with E-state index in [1.807, 2.05) is 24.3 Å². The van der Waals surface area contributed by atoms with Crippen LogP contribution in [-0.4, -0.2) is 17.4 Å². The molecule has 0 aliphatic carbocycles. The van der Waals surface area contributed by atoms with Gasteiger partial charge in [-0.15, -0.1) is 0 Å². The van der Waals surface area contributed by atoms with E-state index >= 15 is 0 Å². The van der Waals surface area contributed by atoms with Gasteiger partial charge in [0.05, 0.1) is 6.42 Å². The molecule has 2 N–H and O–H groups in total. The maximum Gasteiger partial charge on any atom is 0.228 e. The lowest BCUT2D eigenvalue weighted by Gasteiger charge is -2.20. The summed E-state index contributed by atoms with van der Waals surface area (Å²) in [6.07, 6.45) is 4.75. The summed E-state index contributed by atoms with van der Waals surface area (Å²) < 4.78 is 0. The number of pyridine rings is 1. The molecule has 2 heterocycles. The van der Waals surface area contributed by atoms with Gasteiger partial charge in [-0.25, -0.2) is 0 Å². The number of nitrogens with one attached hydrogen (secondary N) is 2. The zero-order chi connectivity index (χ0) is 13.8. The zero-order valence-corrected chi connectivity index (χ0v) is 11.2. The number of aromatic nitrogens is 1. The van der Waals surface area contributed by atoms with E-state index in [1.165, 1.54) is 11.1 Å². The van der Waals surface area contributed by atoms with Gasteiger partial charge in [0.15, 0.2) is 0 Å². The minimum Gasteiger partial charge on any atom is -0.326 e. The van der Waals surface area contributed by atoms with Crippen molar-refractivity contribution >= 4 is 11.6 Å². The number of rotatable bonds is 3. The maximum atomic E-state index is 12.1. The van der Waals surface area contributed by atoms with E-state index in [0.29, 0.717) is 6.42 Å². The molecule has 0 unspecified atom stereocenters. The molecule has 0 saturated carbocycles. The second-order valence-corrected chi connectivity index (χ2v) is 4.95. The highest BCUT2D eigenvalue weighted by molar-refractivity contribution is 5.93. The second kappa shape index (κ2) is 5.84. The largest absolute Gasteiger partial charge is 0.326 e. The molecule has 0 fully saturated rings. The molecule has 102 valence electrons. The van der Waals surface area contributed by atoms with Crippen LogP contribution in [0.4, 0.5) is 5.69 Å². The van der Waals surface area contributed by atoms with E-state index in [2.05, 4.69) is 21.7 Å². The molecule has 4 nitrogen and oxygen atoms in total. The lowest BCUT2D eigenvalue weighted by molar-refractivity contribution is -0.115. The Bertz CT molecular complexity index is 610. The topological polar surface area (TPSA) is 54.0 Å². The van der Waals surface area contributed by atoms with Gasteiger partial charge in [-0.1, -0.05) is 12.1 Å². The van der Waals surface area contributed by atoms with Gasteiger partial charge in [0.25, 0.3) is 0 Å². The Morgan fingerprint density at radius 1 is 1.25 bits per heavy atom. The van der Waals surface area contributed by atoms with Gasteiger partial charge in [0, 0.05) is 24.6 Å². The van der Waals surface area contributed by atoms with Crippen LogP contribution in [0.3, 0.4) is 0 Å². The Balaban J connectivity index is 1.73. The van der Waals surface area contributed by atoms with Gasteiger partial charge in [0.1, 0.15) is 0 Å². The average molecular weight is 267 g/mol. The average Bonchev–Trinajstić information content (AvgIpc) is 2.48. The molecule has 0 saturated heterocycles. The van der Waals surface area contributed by atoms with Crippen LogP contribution in [0, 0.1) is 0 Å². The van der Waals surface area contributed by atoms with Crippen LogP contribution in [0.25, 0.3) is 0 Å². The number of carbonyl (C=O) groups excluding carboxylic acids is 1. The standard InChI is InChI=1S/C16H17N3O/c20-16(10-12-4-7-17-8-5-12)19-15-3-1-2-13-11-18-9-6-14(13)15/h1-5,7-8,18H,6,9-11H2,(H,19,20). The molecule has 1 amide bonds. The van der Waals surface area contributed by atoms with Crippen molar-refractivity contribution in [3.63, 3.8) is 0 Å². The van der Waals surface area contributed by atoms with Crippen molar-refractivity contribution in [3.8, 4) is 0 Å². The highest BCUT2D eigenvalue weighted by Gasteiger charge is 2.14. The summed E-state index contributed by atoms with van der Waals surface area (Å²) >= 11 is 0. The Hall–Kier alpha value is -2.20. The number of hydrogen-bond acceptors (Lipinski definition) is 3. The van der Waals surface area contributed by atoms with Gasteiger partial charge >= 0.3 is 0 Å². The van der Waals surface area contributed by atoms with E-state index in [0.717, 1.165) is 30.8 Å². The SMILES string of the molecule is O=C(Cc1ccncc1)Nc1cccc2c1CCNC2. The van der Waals surface area contributed by atoms with Crippen molar-refractivity contribution < 1.29 is 4.79 Å². The van der Waals surface area contributed by atoms with Crippen molar-refractivity contribution in [3.05, 3.63) is 59.4 Å². The molecule has 1 aliphatic rings. The summed E-state index contributed by atoms with van der Waals surface area (Å²) in [5, 5.41) is 6.37. The summed E-state index contributed by atoms with van der Waals surface area (Å²) in [4.78, 5) is 16.1. The summed E-state index contributed by atoms with van der Waals surface area (Å²) in [5.41, 5.74) is 4.46. The minimum atomic E-state index is 0.0168. The van der Waals surface area contributed by atoms with Crippen LogP contribution in [0.2, 0.25) is 0 Å². The van der Waals surface area contributed by atoms with Gasteiger partial charge in [0.2, 0.25) is 5.91 Å². The highest BCUT2D eigenvalue weighted by Crippen LogP contribution is 2.23. The molecule has 1 aliphatic heterocycles. The molecule has 0 atom stereocenters. The maximum absolute atomic E-state index is 12.1. The lowest BCUT2D eigenvalue weighted by Crippen LogP contribution is -2.25. The molecule has 3 rings (SSSR count). The summed E-state index contributed by atoms with van der Waals surface area (Å²) in [5.74, 6) is 0.0168. The van der Waals surface area contributed by atoms with Crippen molar-refractivity contribution in [2.24, 2.45) is 0 Å². The number of fused-ring (bicyclic) bond motifs is 1. The van der Waals surface area contributed by atoms with Crippen LogP contribution >= 0.6 is 0 Å². The third-order valence-electron chi connectivity index (χ3n) is 3.53. The Kier molecular flexibility index (Phi) is 3.74. The third kappa shape index (κ3) is 2.86. The Morgan fingerprint density at radius 3 is 2.95 bits per heavy atom. The Labute approximate surface area is 118 Å². The number of anilines is 1. The first-order chi connectivity index (χ1) is 9.83. The molecule has 0 spiro atoms. The molecule has 1 aromatic carbocycles. The first kappa shape index (κ1) is 12.8. The van der Waals surface area contributed by atoms with E-state index in [4.69, 9.17) is 0 Å². The number of carbonyl (C=O) groups is 1. The minimum absolute atomic E-state index is 0.0168. The van der Waals surface area contributed by atoms with Crippen LogP contribution in [0.15, 0.2) is 42.7 Å². The normalized spacial score (nSPS) is 13.6. The molecular formula is C16H17N3O.